The van der Waals surface area contributed by atoms with Gasteiger partial charge in [0, 0.05) is 24.2 Å². The van der Waals surface area contributed by atoms with Crippen molar-refractivity contribution in [3.63, 3.8) is 0 Å². The average Bonchev–Trinajstić information content (AvgIpc) is 2.18. The van der Waals surface area contributed by atoms with Crippen molar-refractivity contribution in [1.29, 1.82) is 0 Å². The summed E-state index contributed by atoms with van der Waals surface area (Å²) in [5.74, 6) is 0. The first-order valence-electron chi connectivity index (χ1n) is 6.31. The Morgan fingerprint density at radius 3 is 2.07 bits per heavy atom. The Balaban J connectivity index is 4.27. The minimum absolute atomic E-state index is 0.305. The summed E-state index contributed by atoms with van der Waals surface area (Å²) in [6, 6.07) is 1.22. The van der Waals surface area contributed by atoms with Crippen molar-refractivity contribution >= 4 is 0 Å². The van der Waals surface area contributed by atoms with Crippen molar-refractivity contribution in [3.05, 3.63) is 0 Å². The fraction of sp³-hybridized carbons (Fsp3) is 1.00. The van der Waals surface area contributed by atoms with E-state index >= 15 is 0 Å². The van der Waals surface area contributed by atoms with Gasteiger partial charge in [0.2, 0.25) is 0 Å². The van der Waals surface area contributed by atoms with E-state index in [0.29, 0.717) is 17.6 Å². The van der Waals surface area contributed by atoms with E-state index in [1.54, 1.807) is 0 Å². The summed E-state index contributed by atoms with van der Waals surface area (Å²) >= 11 is 0. The van der Waals surface area contributed by atoms with E-state index in [4.69, 9.17) is 0 Å². The summed E-state index contributed by atoms with van der Waals surface area (Å²) < 4.78 is 0. The third kappa shape index (κ3) is 4.98. The first-order chi connectivity index (χ1) is 6.85. The Morgan fingerprint density at radius 2 is 1.73 bits per heavy atom. The zero-order chi connectivity index (χ0) is 12.1. The second-order valence-electron chi connectivity index (χ2n) is 5.40. The van der Waals surface area contributed by atoms with Crippen molar-refractivity contribution < 1.29 is 0 Å². The molecule has 0 saturated heterocycles. The summed E-state index contributed by atoms with van der Waals surface area (Å²) in [5.41, 5.74) is 0.305. The van der Waals surface area contributed by atoms with Gasteiger partial charge in [-0.15, -0.1) is 0 Å². The number of nitrogens with one attached hydrogen (secondary N) is 1. The Hall–Kier alpha value is -0.0800. The monoisotopic (exact) mass is 214 g/mol. The smallest absolute Gasteiger partial charge is 0.0220 e. The van der Waals surface area contributed by atoms with Gasteiger partial charge in [0.05, 0.1) is 0 Å². The fourth-order valence-electron chi connectivity index (χ4n) is 1.67. The van der Waals surface area contributed by atoms with Crippen LogP contribution in [-0.2, 0) is 0 Å². The summed E-state index contributed by atoms with van der Waals surface area (Å²) in [4.78, 5) is 2.52. The molecule has 2 nitrogen and oxygen atoms in total. The van der Waals surface area contributed by atoms with Crippen LogP contribution in [0.2, 0.25) is 0 Å². The predicted octanol–water partition coefficient (Wildman–Crippen LogP) is 2.88. The van der Waals surface area contributed by atoms with Gasteiger partial charge in [-0.3, -0.25) is 4.90 Å². The number of hydrogen-bond donors (Lipinski definition) is 1. The van der Waals surface area contributed by atoms with Crippen molar-refractivity contribution in [2.45, 2.75) is 72.0 Å². The van der Waals surface area contributed by atoms with Crippen LogP contribution in [-0.4, -0.2) is 36.1 Å². The van der Waals surface area contributed by atoms with Gasteiger partial charge in [0.15, 0.2) is 0 Å². The maximum Gasteiger partial charge on any atom is 0.0220 e. The first kappa shape index (κ1) is 14.9. The molecule has 0 spiro atoms. The molecule has 1 N–H and O–H groups in total. The quantitative estimate of drug-likeness (QED) is 0.701. The minimum atomic E-state index is 0.305. The second kappa shape index (κ2) is 6.49. The lowest BCUT2D eigenvalue weighted by Crippen LogP contribution is -2.51. The molecular formula is C13H30N2. The molecule has 0 amide bonds. The van der Waals surface area contributed by atoms with Crippen LogP contribution < -0.4 is 5.32 Å². The molecule has 0 rings (SSSR count). The standard InChI is InChI=1S/C13H30N2/c1-8-12(10-14-11(3)4)15(7)13(5,6)9-2/h11-12,14H,8-10H2,1-7H3. The van der Waals surface area contributed by atoms with Gasteiger partial charge in [0.25, 0.3) is 0 Å². The van der Waals surface area contributed by atoms with Gasteiger partial charge < -0.3 is 5.32 Å². The summed E-state index contributed by atoms with van der Waals surface area (Å²) in [5, 5.41) is 3.53. The van der Waals surface area contributed by atoms with Gasteiger partial charge >= 0.3 is 0 Å². The first-order valence-corrected chi connectivity index (χ1v) is 6.31. The SMILES string of the molecule is CCC(CNC(C)C)N(C)C(C)(C)CC. The highest BCUT2D eigenvalue weighted by Gasteiger charge is 2.26. The molecule has 0 aromatic carbocycles. The number of likely N-dealkylation sites (N-methyl/N-ethyl adjacent to an activating group) is 1. The molecule has 0 saturated carbocycles. The largest absolute Gasteiger partial charge is 0.313 e. The molecule has 0 aliphatic rings. The molecule has 15 heavy (non-hydrogen) atoms. The molecule has 0 aromatic heterocycles. The number of nitrogens with zero attached hydrogens (tertiary/aromatic N) is 1. The lowest BCUT2D eigenvalue weighted by Gasteiger charge is -2.41. The molecule has 1 unspecified atom stereocenters. The summed E-state index contributed by atoms with van der Waals surface area (Å²) in [6.07, 6.45) is 2.40. The highest BCUT2D eigenvalue weighted by molar-refractivity contribution is 4.83. The molecule has 0 aliphatic carbocycles. The van der Waals surface area contributed by atoms with Crippen LogP contribution in [0.5, 0.6) is 0 Å². The topological polar surface area (TPSA) is 15.3 Å². The molecule has 0 heterocycles. The van der Waals surface area contributed by atoms with Crippen LogP contribution in [0.1, 0.15) is 54.4 Å². The molecule has 0 fully saturated rings. The maximum atomic E-state index is 3.53. The van der Waals surface area contributed by atoms with E-state index in [-0.39, 0.29) is 0 Å². The molecule has 0 bridgehead atoms. The highest BCUT2D eigenvalue weighted by Crippen LogP contribution is 2.20. The molecule has 1 atom stereocenters. The van der Waals surface area contributed by atoms with Crippen LogP contribution >= 0.6 is 0 Å². The average molecular weight is 214 g/mol. The highest BCUT2D eigenvalue weighted by atomic mass is 15.2. The van der Waals surface area contributed by atoms with Crippen molar-refractivity contribution in [3.8, 4) is 0 Å². The zero-order valence-corrected chi connectivity index (χ0v) is 11.7. The van der Waals surface area contributed by atoms with Crippen molar-refractivity contribution in [2.24, 2.45) is 0 Å². The van der Waals surface area contributed by atoms with Gasteiger partial charge in [-0.2, -0.15) is 0 Å². The summed E-state index contributed by atoms with van der Waals surface area (Å²) in [7, 11) is 2.25. The molecule has 92 valence electrons. The van der Waals surface area contributed by atoms with E-state index in [1.807, 2.05) is 0 Å². The molecular weight excluding hydrogens is 184 g/mol. The Kier molecular flexibility index (Phi) is 6.46. The number of rotatable bonds is 7. The van der Waals surface area contributed by atoms with Gasteiger partial charge in [-0.05, 0) is 33.7 Å². The summed E-state index contributed by atoms with van der Waals surface area (Å²) in [6.45, 7) is 14.7. The Bertz CT molecular complexity index is 164. The third-order valence-corrected chi connectivity index (χ3v) is 3.60. The number of hydrogen-bond acceptors (Lipinski definition) is 2. The van der Waals surface area contributed by atoms with Crippen LogP contribution in [0.3, 0.4) is 0 Å². The van der Waals surface area contributed by atoms with E-state index in [1.165, 1.54) is 12.8 Å². The van der Waals surface area contributed by atoms with E-state index < -0.39 is 0 Å². The third-order valence-electron chi connectivity index (χ3n) is 3.60. The van der Waals surface area contributed by atoms with Gasteiger partial charge in [0.1, 0.15) is 0 Å². The van der Waals surface area contributed by atoms with Crippen LogP contribution in [0, 0.1) is 0 Å². The van der Waals surface area contributed by atoms with E-state index in [9.17, 15) is 0 Å². The van der Waals surface area contributed by atoms with E-state index in [0.717, 1.165) is 6.54 Å². The van der Waals surface area contributed by atoms with Crippen LogP contribution in [0.15, 0.2) is 0 Å². The second-order valence-corrected chi connectivity index (χ2v) is 5.40. The van der Waals surface area contributed by atoms with Crippen LogP contribution in [0.4, 0.5) is 0 Å². The fourth-order valence-corrected chi connectivity index (χ4v) is 1.67. The predicted molar refractivity (Wildman–Crippen MR) is 69.4 cm³/mol. The van der Waals surface area contributed by atoms with Crippen molar-refractivity contribution in [1.82, 2.24) is 10.2 Å². The Morgan fingerprint density at radius 1 is 1.20 bits per heavy atom. The van der Waals surface area contributed by atoms with E-state index in [2.05, 4.69) is 58.8 Å². The lowest BCUT2D eigenvalue weighted by molar-refractivity contribution is 0.0923. The van der Waals surface area contributed by atoms with Gasteiger partial charge in [-0.1, -0.05) is 27.7 Å². The van der Waals surface area contributed by atoms with Gasteiger partial charge in [-0.25, -0.2) is 0 Å². The molecule has 2 heteroatoms. The van der Waals surface area contributed by atoms with Crippen molar-refractivity contribution in [2.75, 3.05) is 13.6 Å². The normalized spacial score (nSPS) is 15.0. The zero-order valence-electron chi connectivity index (χ0n) is 11.7. The minimum Gasteiger partial charge on any atom is -0.313 e. The maximum absolute atomic E-state index is 3.53. The molecule has 0 radical (unpaired) electrons. The Labute approximate surface area is 96.4 Å². The van der Waals surface area contributed by atoms with Crippen LogP contribution in [0.25, 0.3) is 0 Å². The lowest BCUT2D eigenvalue weighted by atomic mass is 9.97. The molecule has 0 aliphatic heterocycles. The molecule has 0 aromatic rings.